The SMILES string of the molecule is CN(CCO)C1CCN(C(=O)NCc2ccc(C(C)(C)C)cc2)CC1. The Labute approximate surface area is 152 Å². The molecule has 1 aromatic carbocycles. The molecule has 1 aromatic rings. The molecule has 2 amide bonds. The molecule has 1 aliphatic heterocycles. The van der Waals surface area contributed by atoms with E-state index in [2.05, 4.69) is 55.3 Å². The van der Waals surface area contributed by atoms with Gasteiger partial charge in [0.15, 0.2) is 0 Å². The summed E-state index contributed by atoms with van der Waals surface area (Å²) < 4.78 is 0. The standard InChI is InChI=1S/C20H33N3O2/c1-20(2,3)17-7-5-16(6-8-17)15-21-19(25)23-11-9-18(10-12-23)22(4)13-14-24/h5-8,18,24H,9-15H2,1-4H3,(H,21,25). The summed E-state index contributed by atoms with van der Waals surface area (Å²) in [5.74, 6) is 0. The Morgan fingerprint density at radius 2 is 1.84 bits per heavy atom. The van der Waals surface area contributed by atoms with Crippen LogP contribution >= 0.6 is 0 Å². The van der Waals surface area contributed by atoms with Crippen molar-refractivity contribution in [3.63, 3.8) is 0 Å². The van der Waals surface area contributed by atoms with Crippen LogP contribution in [0.3, 0.4) is 0 Å². The number of nitrogens with one attached hydrogen (secondary N) is 1. The molecule has 5 heteroatoms. The average Bonchev–Trinajstić information content (AvgIpc) is 2.59. The van der Waals surface area contributed by atoms with E-state index in [1.54, 1.807) is 0 Å². The van der Waals surface area contributed by atoms with E-state index in [0.29, 0.717) is 19.1 Å². The monoisotopic (exact) mass is 347 g/mol. The molecule has 5 nitrogen and oxygen atoms in total. The molecule has 0 spiro atoms. The number of amides is 2. The normalized spacial score (nSPS) is 16.3. The Morgan fingerprint density at radius 1 is 1.24 bits per heavy atom. The quantitative estimate of drug-likeness (QED) is 0.861. The van der Waals surface area contributed by atoms with E-state index >= 15 is 0 Å². The second-order valence-corrected chi connectivity index (χ2v) is 8.03. The summed E-state index contributed by atoms with van der Waals surface area (Å²) in [4.78, 5) is 16.4. The van der Waals surface area contributed by atoms with Gasteiger partial charge >= 0.3 is 6.03 Å². The van der Waals surface area contributed by atoms with Gasteiger partial charge in [-0.25, -0.2) is 4.79 Å². The summed E-state index contributed by atoms with van der Waals surface area (Å²) in [6, 6.07) is 8.95. The van der Waals surface area contributed by atoms with Crippen LogP contribution in [0.2, 0.25) is 0 Å². The van der Waals surface area contributed by atoms with Gasteiger partial charge in [-0.3, -0.25) is 0 Å². The molecule has 0 aliphatic carbocycles. The molecule has 0 saturated carbocycles. The Hall–Kier alpha value is -1.59. The summed E-state index contributed by atoms with van der Waals surface area (Å²) in [5.41, 5.74) is 2.57. The van der Waals surface area contributed by atoms with E-state index in [0.717, 1.165) is 31.5 Å². The maximum atomic E-state index is 12.4. The van der Waals surface area contributed by atoms with Crippen molar-refractivity contribution >= 4 is 6.03 Å². The molecule has 1 fully saturated rings. The summed E-state index contributed by atoms with van der Waals surface area (Å²) >= 11 is 0. The van der Waals surface area contributed by atoms with Crippen LogP contribution in [0.5, 0.6) is 0 Å². The van der Waals surface area contributed by atoms with Gasteiger partial charge in [-0.05, 0) is 36.4 Å². The first-order chi connectivity index (χ1) is 11.8. The number of piperidine rings is 1. The number of urea groups is 1. The van der Waals surface area contributed by atoms with Crippen molar-refractivity contribution in [3.05, 3.63) is 35.4 Å². The van der Waals surface area contributed by atoms with E-state index < -0.39 is 0 Å². The number of nitrogens with zero attached hydrogens (tertiary/aromatic N) is 2. The highest BCUT2D eigenvalue weighted by atomic mass is 16.3. The molecule has 2 rings (SSSR count). The lowest BCUT2D eigenvalue weighted by atomic mass is 9.87. The summed E-state index contributed by atoms with van der Waals surface area (Å²) in [6.07, 6.45) is 1.92. The van der Waals surface area contributed by atoms with Gasteiger partial charge in [0.25, 0.3) is 0 Å². The number of hydrogen-bond donors (Lipinski definition) is 2. The van der Waals surface area contributed by atoms with E-state index in [1.807, 2.05) is 11.9 Å². The van der Waals surface area contributed by atoms with Crippen molar-refractivity contribution in [2.45, 2.75) is 51.6 Å². The maximum Gasteiger partial charge on any atom is 0.317 e. The lowest BCUT2D eigenvalue weighted by Crippen LogP contribution is -2.49. The van der Waals surface area contributed by atoms with E-state index in [4.69, 9.17) is 5.11 Å². The third-order valence-electron chi connectivity index (χ3n) is 5.09. The third kappa shape index (κ3) is 5.72. The molecule has 140 valence electrons. The molecule has 0 atom stereocenters. The average molecular weight is 348 g/mol. The van der Waals surface area contributed by atoms with Crippen LogP contribution in [0.15, 0.2) is 24.3 Å². The van der Waals surface area contributed by atoms with Crippen molar-refractivity contribution in [2.24, 2.45) is 0 Å². The molecule has 25 heavy (non-hydrogen) atoms. The minimum Gasteiger partial charge on any atom is -0.395 e. The lowest BCUT2D eigenvalue weighted by molar-refractivity contribution is 0.118. The number of rotatable bonds is 5. The molecule has 0 radical (unpaired) electrons. The Bertz CT molecular complexity index is 543. The highest BCUT2D eigenvalue weighted by Gasteiger charge is 2.24. The minimum absolute atomic E-state index is 0.0168. The van der Waals surface area contributed by atoms with Gasteiger partial charge < -0.3 is 20.2 Å². The van der Waals surface area contributed by atoms with Gasteiger partial charge in [-0.1, -0.05) is 45.0 Å². The minimum atomic E-state index is 0.0168. The topological polar surface area (TPSA) is 55.8 Å². The van der Waals surface area contributed by atoms with Gasteiger partial charge in [0.1, 0.15) is 0 Å². The lowest BCUT2D eigenvalue weighted by Gasteiger charge is -2.36. The van der Waals surface area contributed by atoms with Crippen LogP contribution in [0, 0.1) is 0 Å². The van der Waals surface area contributed by atoms with Crippen molar-refractivity contribution in [1.82, 2.24) is 15.1 Å². The maximum absolute atomic E-state index is 12.4. The van der Waals surface area contributed by atoms with E-state index in [9.17, 15) is 4.79 Å². The van der Waals surface area contributed by atoms with Crippen LogP contribution in [-0.4, -0.2) is 60.3 Å². The molecule has 0 bridgehead atoms. The zero-order valence-electron chi connectivity index (χ0n) is 16.1. The first-order valence-electron chi connectivity index (χ1n) is 9.24. The second-order valence-electron chi connectivity index (χ2n) is 8.03. The predicted molar refractivity (Wildman–Crippen MR) is 102 cm³/mol. The van der Waals surface area contributed by atoms with Crippen LogP contribution in [-0.2, 0) is 12.0 Å². The van der Waals surface area contributed by atoms with Gasteiger partial charge in [-0.15, -0.1) is 0 Å². The number of carbonyl (C=O) groups excluding carboxylic acids is 1. The molecule has 2 N–H and O–H groups in total. The van der Waals surface area contributed by atoms with Gasteiger partial charge in [0.2, 0.25) is 0 Å². The first kappa shape index (κ1) is 19.7. The van der Waals surface area contributed by atoms with Crippen molar-refractivity contribution in [2.75, 3.05) is 33.3 Å². The van der Waals surface area contributed by atoms with Crippen molar-refractivity contribution in [3.8, 4) is 0 Å². The van der Waals surface area contributed by atoms with Crippen LogP contribution < -0.4 is 5.32 Å². The van der Waals surface area contributed by atoms with Crippen LogP contribution in [0.4, 0.5) is 4.79 Å². The number of aliphatic hydroxyl groups is 1. The molecule has 1 saturated heterocycles. The second kappa shape index (κ2) is 8.68. The fraction of sp³-hybridized carbons (Fsp3) is 0.650. The molecule has 1 heterocycles. The van der Waals surface area contributed by atoms with Crippen molar-refractivity contribution < 1.29 is 9.90 Å². The third-order valence-corrected chi connectivity index (χ3v) is 5.09. The van der Waals surface area contributed by atoms with Gasteiger partial charge in [0.05, 0.1) is 6.61 Å². The number of likely N-dealkylation sites (tertiary alicyclic amines) is 1. The van der Waals surface area contributed by atoms with Gasteiger partial charge in [-0.2, -0.15) is 0 Å². The number of likely N-dealkylation sites (N-methyl/N-ethyl adjacent to an activating group) is 1. The zero-order chi connectivity index (χ0) is 18.4. The Kier molecular flexibility index (Phi) is 6.85. The largest absolute Gasteiger partial charge is 0.395 e. The predicted octanol–water partition coefficient (Wildman–Crippen LogP) is 2.58. The number of benzene rings is 1. The number of hydrogen-bond acceptors (Lipinski definition) is 3. The Balaban J connectivity index is 1.78. The van der Waals surface area contributed by atoms with Crippen LogP contribution in [0.25, 0.3) is 0 Å². The highest BCUT2D eigenvalue weighted by Crippen LogP contribution is 2.22. The summed E-state index contributed by atoms with van der Waals surface area (Å²) in [7, 11) is 2.04. The smallest absolute Gasteiger partial charge is 0.317 e. The highest BCUT2D eigenvalue weighted by molar-refractivity contribution is 5.74. The number of carbonyl (C=O) groups is 1. The summed E-state index contributed by atoms with van der Waals surface area (Å²) in [5, 5.41) is 12.1. The molecular weight excluding hydrogens is 314 g/mol. The van der Waals surface area contributed by atoms with E-state index in [1.165, 1.54) is 5.56 Å². The van der Waals surface area contributed by atoms with E-state index in [-0.39, 0.29) is 18.1 Å². The fourth-order valence-electron chi connectivity index (χ4n) is 3.26. The molecule has 0 unspecified atom stereocenters. The Morgan fingerprint density at radius 3 is 2.36 bits per heavy atom. The first-order valence-corrected chi connectivity index (χ1v) is 9.24. The molecule has 1 aliphatic rings. The number of aliphatic hydroxyl groups excluding tert-OH is 1. The van der Waals surface area contributed by atoms with Crippen molar-refractivity contribution in [1.29, 1.82) is 0 Å². The molecular formula is C20H33N3O2. The van der Waals surface area contributed by atoms with Crippen LogP contribution in [0.1, 0.15) is 44.7 Å². The summed E-state index contributed by atoms with van der Waals surface area (Å²) in [6.45, 7) is 9.59. The van der Waals surface area contributed by atoms with Gasteiger partial charge in [0, 0.05) is 32.2 Å². The molecule has 0 aromatic heterocycles. The zero-order valence-corrected chi connectivity index (χ0v) is 16.1. The fourth-order valence-corrected chi connectivity index (χ4v) is 3.26.